The number of piperazine rings is 1. The third kappa shape index (κ3) is 3.27. The maximum Gasteiger partial charge on any atom is 0.248 e. The molecule has 8 heteroatoms. The van der Waals surface area contributed by atoms with Gasteiger partial charge < -0.3 is 11.1 Å². The highest BCUT2D eigenvalue weighted by molar-refractivity contribution is 5.98. The zero-order chi connectivity index (χ0) is 16.2. The summed E-state index contributed by atoms with van der Waals surface area (Å²) in [7, 11) is 0. The third-order valence-electron chi connectivity index (χ3n) is 3.62. The van der Waals surface area contributed by atoms with Crippen LogP contribution in [0.1, 0.15) is 17.3 Å². The van der Waals surface area contributed by atoms with Crippen LogP contribution in [-0.4, -0.2) is 51.9 Å². The van der Waals surface area contributed by atoms with Crippen molar-refractivity contribution in [2.75, 3.05) is 36.9 Å². The first-order valence-electron chi connectivity index (χ1n) is 7.47. The number of hydrogen-bond acceptors (Lipinski definition) is 8. The molecule has 0 spiro atoms. The fourth-order valence-electron chi connectivity index (χ4n) is 2.46. The van der Waals surface area contributed by atoms with E-state index in [0.717, 1.165) is 26.2 Å². The van der Waals surface area contributed by atoms with Gasteiger partial charge in [-0.15, -0.1) is 0 Å². The third-order valence-corrected chi connectivity index (χ3v) is 3.62. The van der Waals surface area contributed by atoms with E-state index in [1.54, 1.807) is 6.20 Å². The molecule has 0 radical (unpaired) electrons. The Labute approximate surface area is 134 Å². The van der Waals surface area contributed by atoms with Crippen LogP contribution in [0.15, 0.2) is 30.6 Å². The molecule has 3 heterocycles. The molecule has 0 amide bonds. The Kier molecular flexibility index (Phi) is 4.45. The molecule has 0 aliphatic carbocycles. The van der Waals surface area contributed by atoms with Crippen molar-refractivity contribution < 1.29 is 4.79 Å². The zero-order valence-corrected chi connectivity index (χ0v) is 12.9. The summed E-state index contributed by atoms with van der Waals surface area (Å²) in [6.45, 7) is 4.78. The number of aromatic nitrogens is 3. The van der Waals surface area contributed by atoms with Gasteiger partial charge in [0.1, 0.15) is 11.6 Å². The van der Waals surface area contributed by atoms with E-state index in [0.29, 0.717) is 17.3 Å². The Bertz CT molecular complexity index is 685. The average Bonchev–Trinajstić information content (AvgIpc) is 2.57. The molecule has 2 aromatic rings. The van der Waals surface area contributed by atoms with Crippen LogP contribution in [0.4, 0.5) is 17.6 Å². The van der Waals surface area contributed by atoms with Gasteiger partial charge in [-0.05, 0) is 19.1 Å². The highest BCUT2D eigenvalue weighted by Crippen LogP contribution is 2.24. The molecule has 1 fully saturated rings. The minimum absolute atomic E-state index is 0.152. The molecule has 0 aromatic carbocycles. The van der Waals surface area contributed by atoms with E-state index in [1.165, 1.54) is 13.1 Å². The Morgan fingerprint density at radius 1 is 1.30 bits per heavy atom. The van der Waals surface area contributed by atoms with Crippen LogP contribution in [-0.2, 0) is 0 Å². The van der Waals surface area contributed by atoms with Crippen LogP contribution in [0.25, 0.3) is 0 Å². The average molecular weight is 313 g/mol. The van der Waals surface area contributed by atoms with Crippen LogP contribution in [0.3, 0.4) is 0 Å². The number of pyridine rings is 1. The summed E-state index contributed by atoms with van der Waals surface area (Å²) < 4.78 is 0. The number of ketones is 1. The summed E-state index contributed by atoms with van der Waals surface area (Å²) in [6.07, 6.45) is 3.19. The van der Waals surface area contributed by atoms with Gasteiger partial charge in [0, 0.05) is 38.6 Å². The Hall–Kier alpha value is -2.58. The van der Waals surface area contributed by atoms with Crippen LogP contribution < -0.4 is 16.1 Å². The molecule has 1 saturated heterocycles. The summed E-state index contributed by atoms with van der Waals surface area (Å²) in [6, 6.07) is 5.65. The van der Waals surface area contributed by atoms with E-state index in [1.807, 2.05) is 23.2 Å². The molecule has 0 atom stereocenters. The molecule has 0 saturated carbocycles. The molecule has 3 rings (SSSR count). The highest BCUT2D eigenvalue weighted by atomic mass is 16.1. The van der Waals surface area contributed by atoms with Crippen molar-refractivity contribution >= 4 is 23.4 Å². The van der Waals surface area contributed by atoms with Gasteiger partial charge in [-0.2, -0.15) is 4.98 Å². The first-order chi connectivity index (χ1) is 11.2. The second-order valence-electron chi connectivity index (χ2n) is 5.23. The van der Waals surface area contributed by atoms with E-state index in [9.17, 15) is 4.79 Å². The number of nitrogen functional groups attached to an aromatic ring is 1. The molecular weight excluding hydrogens is 294 g/mol. The van der Waals surface area contributed by atoms with Gasteiger partial charge in [0.15, 0.2) is 5.78 Å². The predicted octanol–water partition coefficient (Wildman–Crippen LogP) is 0.615. The standard InChI is InChI=1S/C15H19N7O/c1-11(23)12-10-19-15(20-14(12)16)22(13-4-2-3-5-18-13)21-8-6-17-7-9-21/h2-5,10,17H,6-9H2,1H3,(H2,16,19,20). The van der Waals surface area contributed by atoms with Gasteiger partial charge in [0.05, 0.1) is 5.56 Å². The molecule has 23 heavy (non-hydrogen) atoms. The number of carbonyl (C=O) groups excluding carboxylic acids is 1. The second-order valence-corrected chi connectivity index (χ2v) is 5.23. The molecular formula is C15H19N7O. The highest BCUT2D eigenvalue weighted by Gasteiger charge is 2.24. The number of rotatable bonds is 4. The SMILES string of the molecule is CC(=O)c1cnc(N(c2ccccn2)N2CCNCC2)nc1N. The van der Waals surface area contributed by atoms with Gasteiger partial charge >= 0.3 is 0 Å². The number of nitrogens with two attached hydrogens (primary N) is 1. The Morgan fingerprint density at radius 3 is 2.70 bits per heavy atom. The number of nitrogens with zero attached hydrogens (tertiary/aromatic N) is 5. The largest absolute Gasteiger partial charge is 0.383 e. The Balaban J connectivity index is 2.01. The normalized spacial score (nSPS) is 15.3. The van der Waals surface area contributed by atoms with Crippen molar-refractivity contribution in [1.82, 2.24) is 25.3 Å². The summed E-state index contributed by atoms with van der Waals surface area (Å²) in [4.78, 5) is 24.5. The minimum Gasteiger partial charge on any atom is -0.383 e. The molecule has 120 valence electrons. The summed E-state index contributed by atoms with van der Waals surface area (Å²) >= 11 is 0. The monoisotopic (exact) mass is 313 g/mol. The van der Waals surface area contributed by atoms with Gasteiger partial charge in [0.25, 0.3) is 0 Å². The quantitative estimate of drug-likeness (QED) is 0.792. The second kappa shape index (κ2) is 6.67. The van der Waals surface area contributed by atoms with Gasteiger partial charge in [0.2, 0.25) is 5.95 Å². The fraction of sp³-hybridized carbons (Fsp3) is 0.333. The molecule has 0 bridgehead atoms. The van der Waals surface area contributed by atoms with Crippen molar-refractivity contribution in [3.05, 3.63) is 36.2 Å². The van der Waals surface area contributed by atoms with E-state index in [2.05, 4.69) is 25.3 Å². The fourth-order valence-corrected chi connectivity index (χ4v) is 2.46. The van der Waals surface area contributed by atoms with E-state index < -0.39 is 0 Å². The number of hydrazine groups is 1. The van der Waals surface area contributed by atoms with Crippen LogP contribution >= 0.6 is 0 Å². The van der Waals surface area contributed by atoms with Gasteiger partial charge in [-0.3, -0.25) is 4.79 Å². The lowest BCUT2D eigenvalue weighted by molar-refractivity contribution is 0.101. The number of carbonyl (C=O) groups is 1. The Morgan fingerprint density at radius 2 is 2.09 bits per heavy atom. The molecule has 8 nitrogen and oxygen atoms in total. The summed E-state index contributed by atoms with van der Waals surface area (Å²) in [5.41, 5.74) is 6.25. The zero-order valence-electron chi connectivity index (χ0n) is 12.9. The van der Waals surface area contributed by atoms with E-state index in [-0.39, 0.29) is 11.6 Å². The van der Waals surface area contributed by atoms with Crippen molar-refractivity contribution in [3.8, 4) is 0 Å². The lowest BCUT2D eigenvalue weighted by Gasteiger charge is -2.36. The van der Waals surface area contributed by atoms with Gasteiger partial charge in [-0.25, -0.2) is 20.0 Å². The first-order valence-corrected chi connectivity index (χ1v) is 7.47. The van der Waals surface area contributed by atoms with Crippen LogP contribution in [0.2, 0.25) is 0 Å². The number of Topliss-reactive ketones (excluding diaryl/α,β-unsaturated/α-hetero) is 1. The number of anilines is 3. The predicted molar refractivity (Wildman–Crippen MR) is 87.3 cm³/mol. The molecule has 2 aromatic heterocycles. The van der Waals surface area contributed by atoms with E-state index >= 15 is 0 Å². The summed E-state index contributed by atoms with van der Waals surface area (Å²) in [5, 5.41) is 7.27. The summed E-state index contributed by atoms with van der Waals surface area (Å²) in [5.74, 6) is 1.15. The van der Waals surface area contributed by atoms with Crippen molar-refractivity contribution in [2.45, 2.75) is 6.92 Å². The van der Waals surface area contributed by atoms with Crippen molar-refractivity contribution in [1.29, 1.82) is 0 Å². The minimum atomic E-state index is -0.152. The van der Waals surface area contributed by atoms with Gasteiger partial charge in [-0.1, -0.05) is 6.07 Å². The van der Waals surface area contributed by atoms with Crippen molar-refractivity contribution in [2.24, 2.45) is 0 Å². The van der Waals surface area contributed by atoms with Crippen LogP contribution in [0, 0.1) is 0 Å². The molecule has 1 aliphatic rings. The van der Waals surface area contributed by atoms with Crippen molar-refractivity contribution in [3.63, 3.8) is 0 Å². The number of nitrogens with one attached hydrogen (secondary N) is 1. The molecule has 0 unspecified atom stereocenters. The lowest BCUT2D eigenvalue weighted by Crippen LogP contribution is -2.51. The van der Waals surface area contributed by atoms with Crippen LogP contribution in [0.5, 0.6) is 0 Å². The maximum absolute atomic E-state index is 11.5. The number of hydrogen-bond donors (Lipinski definition) is 2. The lowest BCUT2D eigenvalue weighted by atomic mass is 10.2. The van der Waals surface area contributed by atoms with E-state index in [4.69, 9.17) is 5.73 Å². The molecule has 3 N–H and O–H groups in total. The molecule has 1 aliphatic heterocycles. The first kappa shape index (κ1) is 15.3. The smallest absolute Gasteiger partial charge is 0.248 e. The topological polar surface area (TPSA) is 100 Å². The maximum atomic E-state index is 11.5.